The van der Waals surface area contributed by atoms with E-state index in [0.717, 1.165) is 34.3 Å². The van der Waals surface area contributed by atoms with Crippen molar-refractivity contribution in [1.82, 2.24) is 0 Å². The van der Waals surface area contributed by atoms with E-state index in [0.29, 0.717) is 6.61 Å². The van der Waals surface area contributed by atoms with Crippen LogP contribution in [0, 0.1) is 6.92 Å². The summed E-state index contributed by atoms with van der Waals surface area (Å²) in [4.78, 5) is 2.08. The number of halogens is 1. The number of nitrogen functional groups attached to an aromatic ring is 1. The van der Waals surface area contributed by atoms with Gasteiger partial charge in [0.2, 0.25) is 0 Å². The summed E-state index contributed by atoms with van der Waals surface area (Å²) in [7, 11) is 2.00. The highest BCUT2D eigenvalue weighted by molar-refractivity contribution is 6.30. The summed E-state index contributed by atoms with van der Waals surface area (Å²) < 4.78 is 5.78. The standard InChI is InChI=1S/C16H19ClN2O/c1-12-11-13(17)7-8-16(12)20-10-9-19(2)15-6-4-3-5-14(15)18/h3-8,11H,9-10,18H2,1-2H3. The number of rotatable bonds is 5. The topological polar surface area (TPSA) is 38.5 Å². The Bertz CT molecular complexity index is 586. The maximum atomic E-state index is 5.95. The molecule has 20 heavy (non-hydrogen) atoms. The average Bonchev–Trinajstić information content (AvgIpc) is 2.41. The quantitative estimate of drug-likeness (QED) is 0.853. The van der Waals surface area contributed by atoms with Crippen molar-refractivity contribution in [1.29, 1.82) is 0 Å². The Morgan fingerprint density at radius 3 is 2.65 bits per heavy atom. The highest BCUT2D eigenvalue weighted by Gasteiger charge is 2.05. The molecule has 0 radical (unpaired) electrons. The molecule has 0 spiro atoms. The zero-order valence-corrected chi connectivity index (χ0v) is 12.5. The molecule has 0 aromatic heterocycles. The molecule has 0 unspecified atom stereocenters. The Hall–Kier alpha value is -1.87. The Labute approximate surface area is 124 Å². The number of para-hydroxylation sites is 2. The molecule has 2 aromatic carbocycles. The number of aryl methyl sites for hydroxylation is 1. The van der Waals surface area contributed by atoms with Crippen LogP contribution in [0.25, 0.3) is 0 Å². The van der Waals surface area contributed by atoms with Crippen molar-refractivity contribution in [3.8, 4) is 5.75 Å². The predicted octanol–water partition coefficient (Wildman–Crippen LogP) is 3.75. The molecule has 4 heteroatoms. The first-order chi connectivity index (χ1) is 9.58. The van der Waals surface area contributed by atoms with E-state index in [4.69, 9.17) is 22.1 Å². The molecular formula is C16H19ClN2O. The molecule has 0 amide bonds. The van der Waals surface area contributed by atoms with E-state index < -0.39 is 0 Å². The number of hydrogen-bond acceptors (Lipinski definition) is 3. The molecule has 0 saturated carbocycles. The molecule has 0 aliphatic heterocycles. The summed E-state index contributed by atoms with van der Waals surface area (Å²) >= 11 is 5.92. The van der Waals surface area contributed by atoms with E-state index in [1.54, 1.807) is 0 Å². The molecule has 0 aliphatic carbocycles. The molecule has 106 valence electrons. The molecule has 2 rings (SSSR count). The van der Waals surface area contributed by atoms with E-state index >= 15 is 0 Å². The van der Waals surface area contributed by atoms with Crippen molar-refractivity contribution in [2.45, 2.75) is 6.92 Å². The Morgan fingerprint density at radius 2 is 1.95 bits per heavy atom. The van der Waals surface area contributed by atoms with Crippen LogP contribution in [0.5, 0.6) is 5.75 Å². The van der Waals surface area contributed by atoms with Gasteiger partial charge in [-0.2, -0.15) is 0 Å². The van der Waals surface area contributed by atoms with Gasteiger partial charge in [0.1, 0.15) is 12.4 Å². The minimum Gasteiger partial charge on any atom is -0.491 e. The van der Waals surface area contributed by atoms with E-state index in [-0.39, 0.29) is 0 Å². The van der Waals surface area contributed by atoms with E-state index in [1.807, 2.05) is 56.4 Å². The number of ether oxygens (including phenoxy) is 1. The molecule has 0 atom stereocenters. The first kappa shape index (κ1) is 14.5. The van der Waals surface area contributed by atoms with Gasteiger partial charge >= 0.3 is 0 Å². The van der Waals surface area contributed by atoms with Gasteiger partial charge < -0.3 is 15.4 Å². The highest BCUT2D eigenvalue weighted by Crippen LogP contribution is 2.23. The monoisotopic (exact) mass is 290 g/mol. The van der Waals surface area contributed by atoms with Crippen molar-refractivity contribution < 1.29 is 4.74 Å². The lowest BCUT2D eigenvalue weighted by molar-refractivity contribution is 0.324. The van der Waals surface area contributed by atoms with Crippen LogP contribution in [-0.4, -0.2) is 20.2 Å². The molecule has 0 heterocycles. The zero-order valence-electron chi connectivity index (χ0n) is 11.8. The molecule has 3 nitrogen and oxygen atoms in total. The summed E-state index contributed by atoms with van der Waals surface area (Å²) in [6.07, 6.45) is 0. The van der Waals surface area contributed by atoms with Crippen molar-refractivity contribution >= 4 is 23.0 Å². The second-order valence-corrected chi connectivity index (χ2v) is 5.18. The summed E-state index contributed by atoms with van der Waals surface area (Å²) in [6, 6.07) is 13.4. The van der Waals surface area contributed by atoms with Gasteiger partial charge in [-0.3, -0.25) is 0 Å². The van der Waals surface area contributed by atoms with Crippen LogP contribution >= 0.6 is 11.6 Å². The highest BCUT2D eigenvalue weighted by atomic mass is 35.5. The van der Waals surface area contributed by atoms with Crippen molar-refractivity contribution in [2.24, 2.45) is 0 Å². The van der Waals surface area contributed by atoms with Gasteiger partial charge in [-0.25, -0.2) is 0 Å². The summed E-state index contributed by atoms with van der Waals surface area (Å²) in [5.74, 6) is 0.865. The van der Waals surface area contributed by atoms with Crippen LogP contribution in [0.3, 0.4) is 0 Å². The van der Waals surface area contributed by atoms with Gasteiger partial charge in [0.15, 0.2) is 0 Å². The lowest BCUT2D eigenvalue weighted by Gasteiger charge is -2.21. The van der Waals surface area contributed by atoms with Crippen LogP contribution in [0.2, 0.25) is 5.02 Å². The fourth-order valence-electron chi connectivity index (χ4n) is 2.02. The van der Waals surface area contributed by atoms with E-state index in [9.17, 15) is 0 Å². The average molecular weight is 291 g/mol. The second-order valence-electron chi connectivity index (χ2n) is 4.74. The van der Waals surface area contributed by atoms with Gasteiger partial charge in [-0.05, 0) is 42.8 Å². The number of likely N-dealkylation sites (N-methyl/N-ethyl adjacent to an activating group) is 1. The first-order valence-electron chi connectivity index (χ1n) is 6.52. The predicted molar refractivity (Wildman–Crippen MR) is 85.8 cm³/mol. The first-order valence-corrected chi connectivity index (χ1v) is 6.90. The summed E-state index contributed by atoms with van der Waals surface area (Å²) in [6.45, 7) is 3.34. The molecule has 2 aromatic rings. The number of anilines is 2. The van der Waals surface area contributed by atoms with Crippen molar-refractivity contribution in [3.63, 3.8) is 0 Å². The number of hydrogen-bond donors (Lipinski definition) is 1. The minimum absolute atomic E-state index is 0.591. The van der Waals surface area contributed by atoms with Crippen LogP contribution < -0.4 is 15.4 Å². The van der Waals surface area contributed by atoms with Crippen LogP contribution in [-0.2, 0) is 0 Å². The van der Waals surface area contributed by atoms with Gasteiger partial charge in [0.05, 0.1) is 17.9 Å². The lowest BCUT2D eigenvalue weighted by atomic mass is 10.2. The third-order valence-electron chi connectivity index (χ3n) is 3.17. The summed E-state index contributed by atoms with van der Waals surface area (Å²) in [5.41, 5.74) is 8.78. The Balaban J connectivity index is 1.91. The molecule has 0 fully saturated rings. The van der Waals surface area contributed by atoms with Gasteiger partial charge in [-0.1, -0.05) is 23.7 Å². The maximum absolute atomic E-state index is 5.95. The fourth-order valence-corrected chi connectivity index (χ4v) is 2.25. The molecule has 0 bridgehead atoms. The van der Waals surface area contributed by atoms with Crippen molar-refractivity contribution in [3.05, 3.63) is 53.1 Å². The Morgan fingerprint density at radius 1 is 1.20 bits per heavy atom. The minimum atomic E-state index is 0.591. The number of benzene rings is 2. The lowest BCUT2D eigenvalue weighted by Crippen LogP contribution is -2.24. The second kappa shape index (κ2) is 6.53. The smallest absolute Gasteiger partial charge is 0.122 e. The maximum Gasteiger partial charge on any atom is 0.122 e. The SMILES string of the molecule is Cc1cc(Cl)ccc1OCCN(C)c1ccccc1N. The largest absolute Gasteiger partial charge is 0.491 e. The molecule has 0 aliphatic rings. The third-order valence-corrected chi connectivity index (χ3v) is 3.40. The van der Waals surface area contributed by atoms with Gasteiger partial charge in [-0.15, -0.1) is 0 Å². The van der Waals surface area contributed by atoms with E-state index in [1.165, 1.54) is 0 Å². The van der Waals surface area contributed by atoms with Gasteiger partial charge in [0, 0.05) is 12.1 Å². The fraction of sp³-hybridized carbons (Fsp3) is 0.250. The van der Waals surface area contributed by atoms with Gasteiger partial charge in [0.25, 0.3) is 0 Å². The zero-order chi connectivity index (χ0) is 14.5. The number of nitrogens with zero attached hydrogens (tertiary/aromatic N) is 1. The molecule has 0 saturated heterocycles. The Kier molecular flexibility index (Phi) is 4.74. The third kappa shape index (κ3) is 3.58. The van der Waals surface area contributed by atoms with Crippen molar-refractivity contribution in [2.75, 3.05) is 30.8 Å². The molecular weight excluding hydrogens is 272 g/mol. The number of nitrogens with two attached hydrogens (primary N) is 1. The van der Waals surface area contributed by atoms with Crippen LogP contribution in [0.4, 0.5) is 11.4 Å². The molecule has 2 N–H and O–H groups in total. The van der Waals surface area contributed by atoms with E-state index in [2.05, 4.69) is 4.90 Å². The van der Waals surface area contributed by atoms with Crippen LogP contribution in [0.15, 0.2) is 42.5 Å². The van der Waals surface area contributed by atoms with Crippen LogP contribution in [0.1, 0.15) is 5.56 Å². The summed E-state index contributed by atoms with van der Waals surface area (Å²) in [5, 5.41) is 0.726. The normalized spacial score (nSPS) is 10.3.